The molecule has 3 heterocycles. The molecule has 156 valence electrons. The van der Waals surface area contributed by atoms with Gasteiger partial charge < -0.3 is 9.64 Å². The number of amides is 1. The number of nitrogens with zero attached hydrogens (tertiary/aromatic N) is 4. The lowest BCUT2D eigenvalue weighted by atomic mass is 9.99. The van der Waals surface area contributed by atoms with Gasteiger partial charge in [0, 0.05) is 30.1 Å². The maximum absolute atomic E-state index is 14.2. The summed E-state index contributed by atoms with van der Waals surface area (Å²) in [5, 5.41) is 4.80. The van der Waals surface area contributed by atoms with E-state index in [0.717, 1.165) is 16.8 Å². The van der Waals surface area contributed by atoms with Gasteiger partial charge in [-0.1, -0.05) is 17.7 Å². The number of carbonyl (C=O) groups excluding carboxylic acids is 1. The number of benzene rings is 1. The first-order valence-corrected chi connectivity index (χ1v) is 10.0. The molecule has 0 spiro atoms. The molecule has 6 nitrogen and oxygen atoms in total. The molecule has 8 heteroatoms. The van der Waals surface area contributed by atoms with Crippen molar-refractivity contribution in [3.8, 4) is 22.4 Å². The number of hydrogen-bond acceptors (Lipinski definition) is 4. The van der Waals surface area contributed by atoms with Gasteiger partial charge in [0.15, 0.2) is 0 Å². The van der Waals surface area contributed by atoms with E-state index in [2.05, 4.69) is 4.98 Å². The monoisotopic (exact) mass is 428 g/mol. The third kappa shape index (κ3) is 4.03. The number of ether oxygens (including phenoxy) is 1. The zero-order chi connectivity index (χ0) is 21.5. The molecular weight excluding hydrogens is 407 g/mol. The normalized spacial score (nSPS) is 13.8. The lowest BCUT2D eigenvalue weighted by Gasteiger charge is -2.30. The second kappa shape index (κ2) is 7.72. The molecule has 30 heavy (non-hydrogen) atoms. The predicted octanol–water partition coefficient (Wildman–Crippen LogP) is 5.16. The Morgan fingerprint density at radius 3 is 2.53 bits per heavy atom. The minimum atomic E-state index is -0.575. The number of fused-ring (bicyclic) bond motifs is 1. The maximum Gasteiger partial charge on any atom is 0.410 e. The van der Waals surface area contributed by atoms with Gasteiger partial charge in [0.05, 0.1) is 23.8 Å². The molecular formula is C22H22ClFN4O2. The molecule has 0 aliphatic carbocycles. The van der Waals surface area contributed by atoms with Crippen molar-refractivity contribution in [1.82, 2.24) is 19.7 Å². The fraction of sp³-hybridized carbons (Fsp3) is 0.318. The van der Waals surface area contributed by atoms with E-state index in [-0.39, 0.29) is 11.1 Å². The van der Waals surface area contributed by atoms with Crippen molar-refractivity contribution in [3.05, 3.63) is 59.3 Å². The summed E-state index contributed by atoms with van der Waals surface area (Å²) in [6.45, 7) is 6.87. The maximum atomic E-state index is 14.2. The average molecular weight is 429 g/mol. The first-order valence-electron chi connectivity index (χ1n) is 9.66. The number of aromatic nitrogens is 3. The average Bonchev–Trinajstić information content (AvgIpc) is 3.08. The van der Waals surface area contributed by atoms with Crippen molar-refractivity contribution in [2.45, 2.75) is 39.5 Å². The van der Waals surface area contributed by atoms with Crippen molar-refractivity contribution >= 4 is 17.7 Å². The topological polar surface area (TPSA) is 60.2 Å². The number of hydrogen-bond donors (Lipinski definition) is 0. The highest BCUT2D eigenvalue weighted by atomic mass is 35.5. The van der Waals surface area contributed by atoms with Crippen LogP contribution in [0.15, 0.2) is 42.7 Å². The molecule has 0 bridgehead atoms. The third-order valence-corrected chi connectivity index (χ3v) is 5.10. The molecule has 1 amide bonds. The molecule has 0 fully saturated rings. The van der Waals surface area contributed by atoms with Gasteiger partial charge in [-0.05, 0) is 50.6 Å². The molecule has 0 atom stereocenters. The van der Waals surface area contributed by atoms with E-state index in [1.54, 1.807) is 23.4 Å². The van der Waals surface area contributed by atoms with Gasteiger partial charge in [0.25, 0.3) is 0 Å². The zero-order valence-electron chi connectivity index (χ0n) is 17.0. The standard InChI is InChI=1S/C22H22ClFN4O2/c1-22(2,3)30-21(29)27-10-11-28-18(13-27)19(14-6-8-25-9-7-14)20(26-28)15-4-5-16(23)17(24)12-15/h4-9,12H,10-11,13H2,1-3H3. The van der Waals surface area contributed by atoms with Crippen LogP contribution < -0.4 is 0 Å². The summed E-state index contributed by atoms with van der Waals surface area (Å²) in [7, 11) is 0. The Labute approximate surface area is 179 Å². The Balaban J connectivity index is 1.79. The molecule has 3 aromatic rings. The third-order valence-electron chi connectivity index (χ3n) is 4.79. The lowest BCUT2D eigenvalue weighted by Crippen LogP contribution is -2.41. The Bertz CT molecular complexity index is 1090. The van der Waals surface area contributed by atoms with Crippen LogP contribution in [0.4, 0.5) is 9.18 Å². The Morgan fingerprint density at radius 2 is 1.87 bits per heavy atom. The van der Waals surface area contributed by atoms with Gasteiger partial charge in [-0.3, -0.25) is 9.67 Å². The van der Waals surface area contributed by atoms with Crippen molar-refractivity contribution in [1.29, 1.82) is 0 Å². The Kier molecular flexibility index (Phi) is 5.24. The quantitative estimate of drug-likeness (QED) is 0.566. The molecule has 1 aromatic carbocycles. The smallest absolute Gasteiger partial charge is 0.410 e. The molecule has 1 aliphatic heterocycles. The first kappa shape index (κ1) is 20.3. The molecule has 0 unspecified atom stereocenters. The summed E-state index contributed by atoms with van der Waals surface area (Å²) in [4.78, 5) is 18.4. The number of rotatable bonds is 2. The minimum absolute atomic E-state index is 0.0595. The second-order valence-corrected chi connectivity index (χ2v) is 8.57. The van der Waals surface area contributed by atoms with Crippen molar-refractivity contribution in [2.24, 2.45) is 0 Å². The molecule has 1 aliphatic rings. The number of pyridine rings is 1. The van der Waals surface area contributed by atoms with Crippen molar-refractivity contribution in [3.63, 3.8) is 0 Å². The molecule has 0 N–H and O–H groups in total. The van der Waals surface area contributed by atoms with Gasteiger partial charge in [-0.25, -0.2) is 9.18 Å². The minimum Gasteiger partial charge on any atom is -0.444 e. The highest BCUT2D eigenvalue weighted by molar-refractivity contribution is 6.30. The van der Waals surface area contributed by atoms with Crippen LogP contribution in [0.2, 0.25) is 5.02 Å². The highest BCUT2D eigenvalue weighted by Crippen LogP contribution is 2.37. The van der Waals surface area contributed by atoms with E-state index in [1.807, 2.05) is 37.6 Å². The van der Waals surface area contributed by atoms with Crippen molar-refractivity contribution in [2.75, 3.05) is 6.54 Å². The van der Waals surface area contributed by atoms with Crippen LogP contribution >= 0.6 is 11.6 Å². The number of halogens is 2. The van der Waals surface area contributed by atoms with Crippen LogP contribution in [0, 0.1) is 5.82 Å². The predicted molar refractivity (Wildman–Crippen MR) is 113 cm³/mol. The summed E-state index contributed by atoms with van der Waals surface area (Å²) in [5.74, 6) is -0.504. The van der Waals surface area contributed by atoms with E-state index in [1.165, 1.54) is 12.1 Å². The SMILES string of the molecule is CC(C)(C)OC(=O)N1CCn2nc(-c3ccc(Cl)c(F)c3)c(-c3ccncc3)c2C1. The second-order valence-electron chi connectivity index (χ2n) is 8.16. The van der Waals surface area contributed by atoms with Crippen LogP contribution in [0.25, 0.3) is 22.4 Å². The molecule has 0 saturated heterocycles. The van der Waals surface area contributed by atoms with E-state index in [9.17, 15) is 9.18 Å². The van der Waals surface area contributed by atoms with Crippen LogP contribution in [-0.4, -0.2) is 37.9 Å². The van der Waals surface area contributed by atoms with E-state index >= 15 is 0 Å². The van der Waals surface area contributed by atoms with E-state index in [0.29, 0.717) is 30.9 Å². The van der Waals surface area contributed by atoms with Crippen LogP contribution in [0.1, 0.15) is 26.5 Å². The van der Waals surface area contributed by atoms with Crippen LogP contribution in [0.5, 0.6) is 0 Å². The van der Waals surface area contributed by atoms with Gasteiger partial charge in [-0.2, -0.15) is 5.10 Å². The molecule has 0 radical (unpaired) electrons. The van der Waals surface area contributed by atoms with Gasteiger partial charge in [0.2, 0.25) is 0 Å². The van der Waals surface area contributed by atoms with Gasteiger partial charge >= 0.3 is 6.09 Å². The Morgan fingerprint density at radius 1 is 1.13 bits per heavy atom. The fourth-order valence-electron chi connectivity index (χ4n) is 3.47. The molecule has 2 aromatic heterocycles. The van der Waals surface area contributed by atoms with Gasteiger partial charge in [-0.15, -0.1) is 0 Å². The summed E-state index contributed by atoms with van der Waals surface area (Å²) < 4.78 is 21.6. The van der Waals surface area contributed by atoms with E-state index < -0.39 is 11.4 Å². The Hall–Kier alpha value is -2.93. The summed E-state index contributed by atoms with van der Waals surface area (Å²) >= 11 is 5.87. The van der Waals surface area contributed by atoms with E-state index in [4.69, 9.17) is 21.4 Å². The number of carbonyl (C=O) groups is 1. The highest BCUT2D eigenvalue weighted by Gasteiger charge is 2.30. The zero-order valence-corrected chi connectivity index (χ0v) is 17.8. The van der Waals surface area contributed by atoms with Crippen LogP contribution in [-0.2, 0) is 17.8 Å². The largest absolute Gasteiger partial charge is 0.444 e. The summed E-state index contributed by atoms with van der Waals surface area (Å²) in [6.07, 6.45) is 3.02. The molecule has 4 rings (SSSR count). The summed E-state index contributed by atoms with van der Waals surface area (Å²) in [6, 6.07) is 8.40. The van der Waals surface area contributed by atoms with Gasteiger partial charge in [0.1, 0.15) is 17.1 Å². The fourth-order valence-corrected chi connectivity index (χ4v) is 3.58. The summed E-state index contributed by atoms with van der Waals surface area (Å²) in [5.41, 5.74) is 3.28. The van der Waals surface area contributed by atoms with Crippen molar-refractivity contribution < 1.29 is 13.9 Å². The first-order chi connectivity index (χ1) is 14.2. The van der Waals surface area contributed by atoms with Crippen LogP contribution in [0.3, 0.4) is 0 Å². The lowest BCUT2D eigenvalue weighted by molar-refractivity contribution is 0.0195. The molecule has 0 saturated carbocycles.